The lowest BCUT2D eigenvalue weighted by atomic mass is 10.0. The molecule has 1 unspecified atom stereocenters. The van der Waals surface area contributed by atoms with E-state index < -0.39 is 22.0 Å². The highest BCUT2D eigenvalue weighted by Crippen LogP contribution is 2.44. The van der Waals surface area contributed by atoms with Crippen LogP contribution >= 0.6 is 0 Å². The van der Waals surface area contributed by atoms with Crippen LogP contribution in [0, 0.1) is 10.8 Å². The van der Waals surface area contributed by atoms with Crippen molar-refractivity contribution in [1.29, 1.82) is 0 Å². The predicted octanol–water partition coefficient (Wildman–Crippen LogP) is 2.10. The van der Waals surface area contributed by atoms with Gasteiger partial charge >= 0.3 is 5.97 Å². The first-order valence-electron chi connectivity index (χ1n) is 7.15. The first kappa shape index (κ1) is 15.1. The average Bonchev–Trinajstić information content (AvgIpc) is 3.07. The van der Waals surface area contributed by atoms with E-state index in [1.165, 1.54) is 24.3 Å². The van der Waals surface area contributed by atoms with E-state index in [0.717, 1.165) is 17.1 Å². The van der Waals surface area contributed by atoms with Crippen LogP contribution < -0.4 is 0 Å². The van der Waals surface area contributed by atoms with Crippen molar-refractivity contribution < 1.29 is 18.3 Å². The Balaban J connectivity index is 2.01. The molecular formula is C14H16N2O5S. The number of carboxylic acids is 1. The van der Waals surface area contributed by atoms with Crippen molar-refractivity contribution in [3.05, 3.63) is 29.2 Å². The summed E-state index contributed by atoms with van der Waals surface area (Å²) in [4.78, 5) is 21.9. The molecule has 118 valence electrons. The molecule has 1 aliphatic carbocycles. The number of hydrogen-bond donors (Lipinski definition) is 1. The highest BCUT2D eigenvalue weighted by molar-refractivity contribution is 7.89. The molecule has 0 radical (unpaired) electrons. The minimum Gasteiger partial charge on any atom is -0.480 e. The molecule has 1 aromatic carbocycles. The Hall–Kier alpha value is -1.80. The first-order chi connectivity index (χ1) is 10.4. The van der Waals surface area contributed by atoms with Crippen LogP contribution in [0.25, 0.3) is 0 Å². The molecule has 3 atom stereocenters. The molecule has 1 saturated heterocycles. The van der Waals surface area contributed by atoms with E-state index >= 15 is 0 Å². The smallest absolute Gasteiger partial charge is 0.322 e. The summed E-state index contributed by atoms with van der Waals surface area (Å²) < 4.78 is 26.9. The molecule has 3 rings (SSSR count). The average molecular weight is 324 g/mol. The fourth-order valence-corrected chi connectivity index (χ4v) is 5.47. The van der Waals surface area contributed by atoms with Crippen LogP contribution in [0.4, 0.5) is 5.69 Å². The largest absolute Gasteiger partial charge is 0.480 e. The number of carbonyl (C=O) groups is 1. The van der Waals surface area contributed by atoms with Gasteiger partial charge in [0.2, 0.25) is 10.0 Å². The molecule has 1 heterocycles. The molecule has 1 aliphatic heterocycles. The summed E-state index contributed by atoms with van der Waals surface area (Å²) in [6, 6.07) is 3.98. The molecule has 22 heavy (non-hydrogen) atoms. The van der Waals surface area contributed by atoms with Crippen LogP contribution in [0.15, 0.2) is 34.3 Å². The SMILES string of the molecule is O=Nc1ccc(S(=O)(=O)N2C(C(=O)O)C[C@H]3CCC[C@H]32)cc1. The molecule has 0 amide bonds. The summed E-state index contributed by atoms with van der Waals surface area (Å²) in [5.41, 5.74) is 0.133. The van der Waals surface area contributed by atoms with Gasteiger partial charge in [0.1, 0.15) is 11.7 Å². The lowest BCUT2D eigenvalue weighted by Gasteiger charge is -2.26. The maximum Gasteiger partial charge on any atom is 0.322 e. The van der Waals surface area contributed by atoms with Gasteiger partial charge in [0.05, 0.1) is 4.90 Å². The van der Waals surface area contributed by atoms with E-state index in [2.05, 4.69) is 5.18 Å². The summed E-state index contributed by atoms with van der Waals surface area (Å²) in [6.45, 7) is 0. The van der Waals surface area contributed by atoms with Crippen LogP contribution in [-0.4, -0.2) is 35.9 Å². The minimum absolute atomic E-state index is 0.00120. The highest BCUT2D eigenvalue weighted by atomic mass is 32.2. The van der Waals surface area contributed by atoms with E-state index in [9.17, 15) is 23.2 Å². The topological polar surface area (TPSA) is 104 Å². The van der Waals surface area contributed by atoms with Crippen molar-refractivity contribution in [2.45, 2.75) is 42.7 Å². The molecule has 1 aromatic rings. The fraction of sp³-hybridized carbons (Fsp3) is 0.500. The van der Waals surface area contributed by atoms with Crippen molar-refractivity contribution >= 4 is 21.7 Å². The Morgan fingerprint density at radius 2 is 1.91 bits per heavy atom. The van der Waals surface area contributed by atoms with Gasteiger partial charge in [-0.05, 0) is 54.6 Å². The maximum absolute atomic E-state index is 12.8. The zero-order valence-electron chi connectivity index (χ0n) is 11.8. The van der Waals surface area contributed by atoms with Crippen LogP contribution in [0.1, 0.15) is 25.7 Å². The molecule has 1 N–H and O–H groups in total. The number of carboxylic acid groups (broad SMARTS) is 1. The number of sulfonamides is 1. The standard InChI is InChI=1S/C14H16N2O5S/c17-14(18)13-8-9-2-1-3-12(9)16(13)22(20,21)11-6-4-10(15-19)5-7-11/h4-7,9,12-13H,1-3,8H2,(H,17,18)/t9-,12-,13?/m1/s1. The van der Waals surface area contributed by atoms with Gasteiger partial charge in [-0.1, -0.05) is 6.42 Å². The molecule has 8 heteroatoms. The number of rotatable bonds is 4. The molecule has 7 nitrogen and oxygen atoms in total. The molecule has 0 spiro atoms. The zero-order chi connectivity index (χ0) is 15.9. The normalized spacial score (nSPS) is 28.5. The van der Waals surface area contributed by atoms with Gasteiger partial charge in [0.15, 0.2) is 0 Å². The van der Waals surface area contributed by atoms with Crippen molar-refractivity contribution in [3.63, 3.8) is 0 Å². The summed E-state index contributed by atoms with van der Waals surface area (Å²) in [5, 5.41) is 12.1. The monoisotopic (exact) mass is 324 g/mol. The molecular weight excluding hydrogens is 308 g/mol. The van der Waals surface area contributed by atoms with Crippen molar-refractivity contribution in [3.8, 4) is 0 Å². The van der Waals surface area contributed by atoms with Gasteiger partial charge in [-0.2, -0.15) is 4.31 Å². The first-order valence-corrected chi connectivity index (χ1v) is 8.59. The van der Waals surface area contributed by atoms with Gasteiger partial charge in [-0.3, -0.25) is 4.79 Å². The Bertz CT molecular complexity index is 700. The number of nitroso groups, excluding NO2 is 1. The van der Waals surface area contributed by atoms with Crippen LogP contribution in [0.3, 0.4) is 0 Å². The fourth-order valence-electron chi connectivity index (χ4n) is 3.61. The van der Waals surface area contributed by atoms with E-state index in [1.54, 1.807) is 0 Å². The third kappa shape index (κ3) is 2.32. The lowest BCUT2D eigenvalue weighted by Crippen LogP contribution is -2.44. The number of hydrogen-bond acceptors (Lipinski definition) is 5. The van der Waals surface area contributed by atoms with Crippen molar-refractivity contribution in [2.75, 3.05) is 0 Å². The summed E-state index contributed by atoms with van der Waals surface area (Å²) in [6.07, 6.45) is 2.85. The van der Waals surface area contributed by atoms with E-state index in [1.807, 2.05) is 0 Å². The second-order valence-electron chi connectivity index (χ2n) is 5.77. The number of aliphatic carboxylic acids is 1. The maximum atomic E-state index is 12.8. The van der Waals surface area contributed by atoms with Gasteiger partial charge < -0.3 is 5.11 Å². The predicted molar refractivity (Wildman–Crippen MR) is 78.1 cm³/mol. The Morgan fingerprint density at radius 3 is 2.50 bits per heavy atom. The summed E-state index contributed by atoms with van der Waals surface area (Å²) in [5.74, 6) is -0.990. The van der Waals surface area contributed by atoms with Crippen molar-refractivity contribution in [2.24, 2.45) is 11.1 Å². The van der Waals surface area contributed by atoms with Gasteiger partial charge in [0, 0.05) is 6.04 Å². The molecule has 1 saturated carbocycles. The molecule has 2 fully saturated rings. The molecule has 2 aliphatic rings. The second-order valence-corrected chi connectivity index (χ2v) is 7.61. The third-order valence-electron chi connectivity index (χ3n) is 4.58. The molecule has 0 bridgehead atoms. The Morgan fingerprint density at radius 1 is 1.23 bits per heavy atom. The number of fused-ring (bicyclic) bond motifs is 1. The third-order valence-corrected chi connectivity index (χ3v) is 6.53. The Kier molecular flexibility index (Phi) is 3.73. The highest BCUT2D eigenvalue weighted by Gasteiger charge is 2.52. The number of benzene rings is 1. The van der Waals surface area contributed by atoms with Gasteiger partial charge in [0.25, 0.3) is 0 Å². The summed E-state index contributed by atoms with van der Waals surface area (Å²) >= 11 is 0. The second kappa shape index (κ2) is 5.44. The summed E-state index contributed by atoms with van der Waals surface area (Å²) in [7, 11) is -3.90. The lowest BCUT2D eigenvalue weighted by molar-refractivity contribution is -0.141. The molecule has 0 aromatic heterocycles. The van der Waals surface area contributed by atoms with E-state index in [-0.39, 0.29) is 22.5 Å². The van der Waals surface area contributed by atoms with E-state index in [0.29, 0.717) is 12.8 Å². The zero-order valence-corrected chi connectivity index (χ0v) is 12.6. The number of nitrogens with zero attached hydrogens (tertiary/aromatic N) is 2. The van der Waals surface area contributed by atoms with Crippen molar-refractivity contribution in [1.82, 2.24) is 4.31 Å². The quantitative estimate of drug-likeness (QED) is 0.854. The Labute approximate surface area is 128 Å². The van der Waals surface area contributed by atoms with Crippen LogP contribution in [-0.2, 0) is 14.8 Å². The van der Waals surface area contributed by atoms with Crippen LogP contribution in [0.5, 0.6) is 0 Å². The van der Waals surface area contributed by atoms with Gasteiger partial charge in [-0.15, -0.1) is 4.91 Å². The van der Waals surface area contributed by atoms with E-state index in [4.69, 9.17) is 0 Å². The van der Waals surface area contributed by atoms with Gasteiger partial charge in [-0.25, -0.2) is 8.42 Å². The van der Waals surface area contributed by atoms with Crippen LogP contribution in [0.2, 0.25) is 0 Å². The minimum atomic E-state index is -3.90.